The molecule has 0 radical (unpaired) electrons. The van der Waals surface area contributed by atoms with Crippen LogP contribution in [0.4, 0.5) is 0 Å². The number of morpholine rings is 1. The molecule has 0 spiro atoms. The summed E-state index contributed by atoms with van der Waals surface area (Å²) in [6.07, 6.45) is 1.59. The summed E-state index contributed by atoms with van der Waals surface area (Å²) in [6.45, 7) is 10.5. The Bertz CT molecular complexity index is 1350. The highest BCUT2D eigenvalue weighted by Crippen LogP contribution is 2.32. The lowest BCUT2D eigenvalue weighted by Crippen LogP contribution is -2.40. The van der Waals surface area contributed by atoms with Gasteiger partial charge in [0.1, 0.15) is 12.4 Å². The molecule has 1 amide bonds. The van der Waals surface area contributed by atoms with Crippen molar-refractivity contribution in [1.82, 2.24) is 34.9 Å². The molecule has 0 aromatic carbocycles. The van der Waals surface area contributed by atoms with Crippen molar-refractivity contribution >= 4 is 11.6 Å². The lowest BCUT2D eigenvalue weighted by molar-refractivity contribution is 0.0302. The molecule has 11 heteroatoms. The Morgan fingerprint density at radius 2 is 1.94 bits per heavy atom. The molecule has 0 unspecified atom stereocenters. The van der Waals surface area contributed by atoms with Crippen LogP contribution in [0.5, 0.6) is 5.88 Å². The van der Waals surface area contributed by atoms with Crippen LogP contribution in [0, 0.1) is 6.92 Å². The van der Waals surface area contributed by atoms with Crippen LogP contribution in [0.3, 0.4) is 0 Å². The maximum Gasteiger partial charge on any atom is 0.255 e. The van der Waals surface area contributed by atoms with Crippen LogP contribution in [0.25, 0.3) is 17.2 Å². The fourth-order valence-electron chi connectivity index (χ4n) is 3.82. The minimum atomic E-state index is -0.247. The number of fused-ring (bicyclic) bond motifs is 1. The number of carbonyl (C=O) groups excluding carboxylic acids is 1. The molecule has 4 aromatic heterocycles. The Labute approximate surface area is 202 Å². The summed E-state index contributed by atoms with van der Waals surface area (Å²) in [5.74, 6) is 1.53. The number of carbonyl (C=O) groups is 1. The van der Waals surface area contributed by atoms with Crippen molar-refractivity contribution in [3.05, 3.63) is 53.0 Å². The predicted molar refractivity (Wildman–Crippen MR) is 125 cm³/mol. The van der Waals surface area contributed by atoms with Crippen molar-refractivity contribution in [2.24, 2.45) is 0 Å². The van der Waals surface area contributed by atoms with E-state index in [1.54, 1.807) is 33.8 Å². The number of nitrogens with zero attached hydrogens (tertiary/aromatic N) is 7. The largest absolute Gasteiger partial charge is 0.470 e. The lowest BCUT2D eigenvalue weighted by atomic mass is 9.88. The van der Waals surface area contributed by atoms with Crippen molar-refractivity contribution in [3.8, 4) is 17.4 Å². The summed E-state index contributed by atoms with van der Waals surface area (Å²) in [7, 11) is 0. The molecule has 4 aromatic rings. The summed E-state index contributed by atoms with van der Waals surface area (Å²) < 4.78 is 18.2. The minimum Gasteiger partial charge on any atom is -0.470 e. The molecule has 1 saturated heterocycles. The molecule has 0 saturated carbocycles. The van der Waals surface area contributed by atoms with Gasteiger partial charge in [-0.2, -0.15) is 4.52 Å². The zero-order valence-corrected chi connectivity index (χ0v) is 20.2. The summed E-state index contributed by atoms with van der Waals surface area (Å²) in [4.78, 5) is 18.9. The Kier molecular flexibility index (Phi) is 5.93. The third kappa shape index (κ3) is 4.72. The van der Waals surface area contributed by atoms with E-state index in [2.05, 4.69) is 41.1 Å². The molecule has 0 N–H and O–H groups in total. The highest BCUT2D eigenvalue weighted by molar-refractivity contribution is 5.94. The number of hydrogen-bond donors (Lipinski definition) is 0. The zero-order chi connectivity index (χ0) is 24.6. The van der Waals surface area contributed by atoms with Gasteiger partial charge in [0.2, 0.25) is 11.7 Å². The van der Waals surface area contributed by atoms with Gasteiger partial charge in [0, 0.05) is 30.9 Å². The van der Waals surface area contributed by atoms with Gasteiger partial charge in [0.05, 0.1) is 24.5 Å². The van der Waals surface area contributed by atoms with Gasteiger partial charge in [-0.1, -0.05) is 25.9 Å². The van der Waals surface area contributed by atoms with E-state index in [0.29, 0.717) is 66.4 Å². The summed E-state index contributed by atoms with van der Waals surface area (Å²) in [5, 5.41) is 17.2. The number of aryl methyl sites for hydroxylation is 1. The van der Waals surface area contributed by atoms with E-state index >= 15 is 0 Å². The molecular formula is C24H27N7O4. The van der Waals surface area contributed by atoms with Gasteiger partial charge < -0.3 is 18.9 Å². The molecule has 1 fully saturated rings. The maximum absolute atomic E-state index is 12.7. The van der Waals surface area contributed by atoms with E-state index in [4.69, 9.17) is 19.1 Å². The van der Waals surface area contributed by atoms with Crippen LogP contribution >= 0.6 is 0 Å². The first kappa shape index (κ1) is 22.9. The number of ether oxygens (including phenoxy) is 2. The molecule has 0 atom stereocenters. The van der Waals surface area contributed by atoms with E-state index in [9.17, 15) is 4.79 Å². The average molecular weight is 478 g/mol. The van der Waals surface area contributed by atoms with Crippen LogP contribution in [-0.2, 0) is 16.8 Å². The standard InChI is InChI=1S/C24H27N7O4/c1-15-11-19(29-35-15)21-27-26-20-12-18(24(2,3)4)22(28-31(20)21)34-14-17-6-5-16(13-25-17)23(32)30-7-9-33-10-8-30/h5-6,11-13H,7-10,14H2,1-4H3. The van der Waals surface area contributed by atoms with Crippen LogP contribution in [-0.4, -0.2) is 67.1 Å². The molecule has 5 heterocycles. The first-order chi connectivity index (χ1) is 16.8. The van der Waals surface area contributed by atoms with E-state index in [0.717, 1.165) is 5.56 Å². The molecule has 11 nitrogen and oxygen atoms in total. The van der Waals surface area contributed by atoms with Crippen LogP contribution in [0.1, 0.15) is 48.1 Å². The third-order valence-electron chi connectivity index (χ3n) is 5.75. The molecule has 0 aliphatic carbocycles. The van der Waals surface area contributed by atoms with Crippen LogP contribution in [0.2, 0.25) is 0 Å². The second kappa shape index (κ2) is 9.06. The van der Waals surface area contributed by atoms with Crippen LogP contribution in [0.15, 0.2) is 35.0 Å². The van der Waals surface area contributed by atoms with E-state index in [1.807, 2.05) is 13.0 Å². The van der Waals surface area contributed by atoms with Gasteiger partial charge in [-0.15, -0.1) is 15.3 Å². The molecule has 182 valence electrons. The van der Waals surface area contributed by atoms with Crippen molar-refractivity contribution in [2.45, 2.75) is 39.7 Å². The first-order valence-corrected chi connectivity index (χ1v) is 11.4. The fraction of sp³-hybridized carbons (Fsp3) is 0.417. The van der Waals surface area contributed by atoms with Gasteiger partial charge in [0.25, 0.3) is 5.91 Å². The Balaban J connectivity index is 1.39. The highest BCUT2D eigenvalue weighted by Gasteiger charge is 2.25. The number of rotatable bonds is 5. The second-order valence-electron chi connectivity index (χ2n) is 9.46. The molecule has 5 rings (SSSR count). The average Bonchev–Trinajstić information content (AvgIpc) is 3.47. The van der Waals surface area contributed by atoms with Gasteiger partial charge >= 0.3 is 0 Å². The van der Waals surface area contributed by atoms with Crippen molar-refractivity contribution in [2.75, 3.05) is 26.3 Å². The number of amides is 1. The van der Waals surface area contributed by atoms with E-state index < -0.39 is 0 Å². The SMILES string of the molecule is Cc1cc(-c2nnc3cc(C(C)(C)C)c(OCc4ccc(C(=O)N5CCOCC5)cn4)nn23)no1. The molecular weight excluding hydrogens is 450 g/mol. The van der Waals surface area contributed by atoms with Crippen LogP contribution < -0.4 is 4.74 Å². The number of pyridine rings is 1. The first-order valence-electron chi connectivity index (χ1n) is 11.4. The monoisotopic (exact) mass is 477 g/mol. The highest BCUT2D eigenvalue weighted by atomic mass is 16.5. The third-order valence-corrected chi connectivity index (χ3v) is 5.75. The summed E-state index contributed by atoms with van der Waals surface area (Å²) >= 11 is 0. The molecule has 1 aliphatic heterocycles. The zero-order valence-electron chi connectivity index (χ0n) is 20.2. The normalized spacial score (nSPS) is 14.5. The topological polar surface area (TPSA) is 121 Å². The number of aromatic nitrogens is 6. The summed E-state index contributed by atoms with van der Waals surface area (Å²) in [6, 6.07) is 7.27. The van der Waals surface area contributed by atoms with E-state index in [1.165, 1.54) is 0 Å². The predicted octanol–water partition coefficient (Wildman–Crippen LogP) is 2.83. The summed E-state index contributed by atoms with van der Waals surface area (Å²) in [5.41, 5.74) is 2.99. The molecule has 35 heavy (non-hydrogen) atoms. The quantitative estimate of drug-likeness (QED) is 0.427. The van der Waals surface area contributed by atoms with Gasteiger partial charge in [0.15, 0.2) is 11.3 Å². The second-order valence-corrected chi connectivity index (χ2v) is 9.46. The Hall–Kier alpha value is -3.86. The fourth-order valence-corrected chi connectivity index (χ4v) is 3.82. The number of hydrogen-bond acceptors (Lipinski definition) is 9. The minimum absolute atomic E-state index is 0.0429. The van der Waals surface area contributed by atoms with Gasteiger partial charge in [-0.3, -0.25) is 9.78 Å². The van der Waals surface area contributed by atoms with Crippen molar-refractivity contribution in [3.63, 3.8) is 0 Å². The van der Waals surface area contributed by atoms with Crippen molar-refractivity contribution in [1.29, 1.82) is 0 Å². The molecule has 1 aliphatic rings. The Morgan fingerprint density at radius 3 is 2.60 bits per heavy atom. The lowest BCUT2D eigenvalue weighted by Gasteiger charge is -2.26. The van der Waals surface area contributed by atoms with E-state index in [-0.39, 0.29) is 17.9 Å². The maximum atomic E-state index is 12.7. The Morgan fingerprint density at radius 1 is 1.14 bits per heavy atom. The van der Waals surface area contributed by atoms with Crippen molar-refractivity contribution < 1.29 is 18.8 Å². The van der Waals surface area contributed by atoms with Gasteiger partial charge in [-0.05, 0) is 30.5 Å². The van der Waals surface area contributed by atoms with Gasteiger partial charge in [-0.25, -0.2) is 0 Å². The smallest absolute Gasteiger partial charge is 0.255 e. The molecule has 0 bridgehead atoms.